The molecule has 0 unspecified atom stereocenters. The first kappa shape index (κ1) is 22.0. The van der Waals surface area contributed by atoms with E-state index in [-0.39, 0.29) is 24.0 Å². The van der Waals surface area contributed by atoms with E-state index in [1.165, 1.54) is 38.2 Å². The number of nitrogens with two attached hydrogens (primary N) is 1. The Bertz CT molecular complexity index is 868. The van der Waals surface area contributed by atoms with Gasteiger partial charge in [0.1, 0.15) is 11.3 Å². The average molecular weight is 495 g/mol. The number of hydrogen-bond donors (Lipinski definition) is 2. The van der Waals surface area contributed by atoms with Crippen molar-refractivity contribution in [3.05, 3.63) is 58.7 Å². The van der Waals surface area contributed by atoms with Crippen LogP contribution in [0.15, 0.2) is 41.4 Å². The van der Waals surface area contributed by atoms with E-state index in [4.69, 9.17) is 15.2 Å². The fourth-order valence-corrected chi connectivity index (χ4v) is 3.38. The van der Waals surface area contributed by atoms with Gasteiger partial charge in [0.05, 0.1) is 20.8 Å². The molecule has 3 N–H and O–H groups in total. The molecule has 0 radical (unpaired) electrons. The Balaban J connectivity index is 0.00000280. The molecule has 1 aliphatic carbocycles. The number of fused-ring (bicyclic) bond motifs is 1. The van der Waals surface area contributed by atoms with Gasteiger partial charge < -0.3 is 20.5 Å². The Morgan fingerprint density at radius 2 is 1.96 bits per heavy atom. The number of anilines is 1. The number of esters is 1. The Hall–Kier alpha value is -2.29. The summed E-state index contributed by atoms with van der Waals surface area (Å²) in [5.74, 6) is 0.376. The molecule has 0 bridgehead atoms. The number of nitrogens with zero attached hydrogens (tertiary/aromatic N) is 1. The van der Waals surface area contributed by atoms with E-state index in [1.807, 2.05) is 18.2 Å². The molecule has 2 aromatic carbocycles. The summed E-state index contributed by atoms with van der Waals surface area (Å²) in [6.07, 6.45) is 4.61. The Morgan fingerprint density at radius 1 is 1.18 bits per heavy atom. The van der Waals surface area contributed by atoms with Gasteiger partial charge in [-0.1, -0.05) is 18.2 Å². The summed E-state index contributed by atoms with van der Waals surface area (Å²) in [5.41, 5.74) is 11.0. The topological polar surface area (TPSA) is 85.9 Å². The van der Waals surface area contributed by atoms with E-state index < -0.39 is 5.97 Å². The van der Waals surface area contributed by atoms with Crippen molar-refractivity contribution in [2.24, 2.45) is 10.7 Å². The number of benzene rings is 2. The maximum absolute atomic E-state index is 11.9. The lowest BCUT2D eigenvalue weighted by molar-refractivity contribution is 0.0597. The van der Waals surface area contributed by atoms with Crippen molar-refractivity contribution in [3.63, 3.8) is 0 Å². The van der Waals surface area contributed by atoms with Crippen LogP contribution in [0.25, 0.3) is 0 Å². The van der Waals surface area contributed by atoms with Crippen LogP contribution in [0.5, 0.6) is 5.75 Å². The molecule has 0 spiro atoms. The van der Waals surface area contributed by atoms with Gasteiger partial charge in [-0.25, -0.2) is 9.79 Å². The summed E-state index contributed by atoms with van der Waals surface area (Å²) in [5, 5.41) is 3.22. The highest BCUT2D eigenvalue weighted by atomic mass is 127. The first-order valence-corrected chi connectivity index (χ1v) is 9.05. The summed E-state index contributed by atoms with van der Waals surface area (Å²) in [4.78, 5) is 16.3. The Morgan fingerprint density at radius 3 is 2.71 bits per heavy atom. The first-order chi connectivity index (χ1) is 13.1. The van der Waals surface area contributed by atoms with Crippen molar-refractivity contribution in [2.45, 2.75) is 32.2 Å². The smallest absolute Gasteiger partial charge is 0.341 e. The second-order valence-corrected chi connectivity index (χ2v) is 6.50. The van der Waals surface area contributed by atoms with Crippen molar-refractivity contribution in [3.8, 4) is 5.75 Å². The molecule has 6 nitrogen and oxygen atoms in total. The molecule has 7 heteroatoms. The summed E-state index contributed by atoms with van der Waals surface area (Å²) in [7, 11) is 2.86. The fourth-order valence-electron chi connectivity index (χ4n) is 3.38. The summed E-state index contributed by atoms with van der Waals surface area (Å²) in [6, 6.07) is 11.6. The number of guanidine groups is 1. The normalized spacial score (nSPS) is 13.1. The van der Waals surface area contributed by atoms with Gasteiger partial charge in [0.2, 0.25) is 0 Å². The zero-order valence-corrected chi connectivity index (χ0v) is 18.5. The van der Waals surface area contributed by atoms with Gasteiger partial charge in [0.15, 0.2) is 5.96 Å². The fraction of sp³-hybridized carbons (Fsp3) is 0.333. The summed E-state index contributed by atoms with van der Waals surface area (Å²) in [6.45, 7) is 0.349. The van der Waals surface area contributed by atoms with Crippen LogP contribution in [-0.4, -0.2) is 26.1 Å². The SMILES string of the molecule is COC(=O)c1cc(CN=C(N)Nc2cccc3c2CCCC3)ccc1OC.I. The molecule has 2 aromatic rings. The minimum absolute atomic E-state index is 0. The molecular weight excluding hydrogens is 469 g/mol. The van der Waals surface area contributed by atoms with Crippen LogP contribution in [-0.2, 0) is 24.1 Å². The standard InChI is InChI=1S/C21H25N3O3.HI/c1-26-19-11-10-14(12-17(19)20(25)27-2)13-23-21(22)24-18-9-5-7-15-6-3-4-8-16(15)18;/h5,7,9-12H,3-4,6,8,13H2,1-2H3,(H3,22,23,24);1H. The van der Waals surface area contributed by atoms with E-state index >= 15 is 0 Å². The van der Waals surface area contributed by atoms with E-state index in [9.17, 15) is 4.79 Å². The van der Waals surface area contributed by atoms with Crippen molar-refractivity contribution < 1.29 is 14.3 Å². The predicted octanol–water partition coefficient (Wildman–Crippen LogP) is 3.91. The number of methoxy groups -OCH3 is 2. The monoisotopic (exact) mass is 495 g/mol. The number of carbonyl (C=O) groups is 1. The van der Waals surface area contributed by atoms with Crippen molar-refractivity contribution in [2.75, 3.05) is 19.5 Å². The van der Waals surface area contributed by atoms with E-state index in [1.54, 1.807) is 12.1 Å². The number of rotatable bonds is 5. The van der Waals surface area contributed by atoms with Crippen molar-refractivity contribution in [1.82, 2.24) is 0 Å². The van der Waals surface area contributed by atoms with Crippen molar-refractivity contribution in [1.29, 1.82) is 0 Å². The molecular formula is C21H26IN3O3. The Kier molecular flexibility index (Phi) is 8.10. The van der Waals surface area contributed by atoms with Gasteiger partial charge in [-0.15, -0.1) is 24.0 Å². The van der Waals surface area contributed by atoms with Gasteiger partial charge in [0.25, 0.3) is 0 Å². The highest BCUT2D eigenvalue weighted by molar-refractivity contribution is 14.0. The van der Waals surface area contributed by atoms with Gasteiger partial charge in [0, 0.05) is 5.69 Å². The zero-order chi connectivity index (χ0) is 19.2. The number of hydrogen-bond acceptors (Lipinski definition) is 4. The molecule has 150 valence electrons. The third-order valence-electron chi connectivity index (χ3n) is 4.76. The van der Waals surface area contributed by atoms with Gasteiger partial charge in [-0.2, -0.15) is 0 Å². The van der Waals surface area contributed by atoms with E-state index in [2.05, 4.69) is 16.4 Å². The molecule has 3 rings (SSSR count). The quantitative estimate of drug-likeness (QED) is 0.285. The Labute approximate surface area is 182 Å². The third-order valence-corrected chi connectivity index (χ3v) is 4.76. The minimum Gasteiger partial charge on any atom is -0.496 e. The minimum atomic E-state index is -0.445. The van der Waals surface area contributed by atoms with Gasteiger partial charge in [-0.05, 0) is 60.6 Å². The highest BCUT2D eigenvalue weighted by Crippen LogP contribution is 2.27. The first-order valence-electron chi connectivity index (χ1n) is 9.05. The lowest BCUT2D eigenvalue weighted by Crippen LogP contribution is -2.24. The van der Waals surface area contributed by atoms with Gasteiger partial charge in [-0.3, -0.25) is 0 Å². The number of carbonyl (C=O) groups excluding carboxylic acids is 1. The maximum atomic E-state index is 11.9. The van der Waals surface area contributed by atoms with Crippen LogP contribution in [0.4, 0.5) is 5.69 Å². The summed E-state index contributed by atoms with van der Waals surface area (Å²) < 4.78 is 10.0. The van der Waals surface area contributed by atoms with Crippen LogP contribution in [0.2, 0.25) is 0 Å². The highest BCUT2D eigenvalue weighted by Gasteiger charge is 2.14. The molecule has 0 aliphatic heterocycles. The largest absolute Gasteiger partial charge is 0.496 e. The molecule has 1 aliphatic rings. The third kappa shape index (κ3) is 5.15. The molecule has 0 saturated carbocycles. The lowest BCUT2D eigenvalue weighted by atomic mass is 9.90. The van der Waals surface area contributed by atoms with Crippen LogP contribution in [0, 0.1) is 0 Å². The van der Waals surface area contributed by atoms with Crippen LogP contribution in [0.3, 0.4) is 0 Å². The van der Waals surface area contributed by atoms with Crippen LogP contribution >= 0.6 is 24.0 Å². The number of halogens is 1. The van der Waals surface area contributed by atoms with Crippen LogP contribution in [0.1, 0.15) is 39.9 Å². The molecule has 0 saturated heterocycles. The number of ether oxygens (including phenoxy) is 2. The van der Waals surface area contributed by atoms with E-state index in [0.717, 1.165) is 24.1 Å². The second kappa shape index (κ2) is 10.3. The molecule has 28 heavy (non-hydrogen) atoms. The number of nitrogens with one attached hydrogen (secondary N) is 1. The number of aryl methyl sites for hydroxylation is 1. The molecule has 0 amide bonds. The van der Waals surface area contributed by atoms with E-state index in [0.29, 0.717) is 23.8 Å². The predicted molar refractivity (Wildman–Crippen MR) is 122 cm³/mol. The summed E-state index contributed by atoms with van der Waals surface area (Å²) >= 11 is 0. The molecule has 0 fully saturated rings. The maximum Gasteiger partial charge on any atom is 0.341 e. The zero-order valence-electron chi connectivity index (χ0n) is 16.2. The molecule has 0 heterocycles. The second-order valence-electron chi connectivity index (χ2n) is 6.50. The average Bonchev–Trinajstić information content (AvgIpc) is 2.71. The van der Waals surface area contributed by atoms with Gasteiger partial charge >= 0.3 is 5.97 Å². The molecule has 0 aromatic heterocycles. The van der Waals surface area contributed by atoms with Crippen LogP contribution < -0.4 is 15.8 Å². The number of aliphatic imine (C=N–C) groups is 1. The van der Waals surface area contributed by atoms with Crippen molar-refractivity contribution >= 4 is 41.6 Å². The lowest BCUT2D eigenvalue weighted by Gasteiger charge is -2.19. The molecule has 0 atom stereocenters.